The van der Waals surface area contributed by atoms with E-state index in [4.69, 9.17) is 19.9 Å². The predicted molar refractivity (Wildman–Crippen MR) is 148 cm³/mol. The van der Waals surface area contributed by atoms with E-state index in [0.717, 1.165) is 35.8 Å². The normalized spacial score (nSPS) is 20.5. The standard InChI is InChI=1S/C29H39N3O6S/c1-18-12-31(13-19(2)37-18)14-20-6-8-21(9-7-20)36-16-25-22-15-32(28(35)23(22)17-39-25)24(27(30)34)10-11-26(33)38-29(3,4)5/h6-9,17-19,24H,10-16H2,1-5H3,(H2,30,34). The van der Waals surface area contributed by atoms with Gasteiger partial charge in [0.15, 0.2) is 0 Å². The van der Waals surface area contributed by atoms with Gasteiger partial charge in [-0.05, 0) is 58.7 Å². The summed E-state index contributed by atoms with van der Waals surface area (Å²) in [6, 6.07) is 7.20. The average Bonchev–Trinajstić information content (AvgIpc) is 3.37. The van der Waals surface area contributed by atoms with Crippen LogP contribution in [0.4, 0.5) is 0 Å². The number of nitrogens with zero attached hydrogens (tertiary/aromatic N) is 2. The minimum absolute atomic E-state index is 0.00292. The van der Waals surface area contributed by atoms with Crippen molar-refractivity contribution >= 4 is 29.1 Å². The molecule has 39 heavy (non-hydrogen) atoms. The monoisotopic (exact) mass is 557 g/mol. The Kier molecular flexibility index (Phi) is 8.98. The topological polar surface area (TPSA) is 111 Å². The van der Waals surface area contributed by atoms with Gasteiger partial charge in [-0.15, -0.1) is 11.3 Å². The summed E-state index contributed by atoms with van der Waals surface area (Å²) in [6.45, 7) is 12.8. The molecule has 2 aliphatic rings. The molecule has 1 fully saturated rings. The number of hydrogen-bond donors (Lipinski definition) is 1. The summed E-state index contributed by atoms with van der Waals surface area (Å²) in [7, 11) is 0. The molecule has 2 aromatic rings. The molecule has 0 saturated carbocycles. The number of hydrogen-bond acceptors (Lipinski definition) is 8. The van der Waals surface area contributed by atoms with Crippen molar-refractivity contribution in [2.24, 2.45) is 5.73 Å². The highest BCUT2D eigenvalue weighted by molar-refractivity contribution is 7.10. The van der Waals surface area contributed by atoms with Crippen molar-refractivity contribution in [3.8, 4) is 5.75 Å². The van der Waals surface area contributed by atoms with E-state index >= 15 is 0 Å². The van der Waals surface area contributed by atoms with Gasteiger partial charge in [0.05, 0.1) is 17.8 Å². The Morgan fingerprint density at radius 3 is 2.44 bits per heavy atom. The maximum absolute atomic E-state index is 13.1. The fraction of sp³-hybridized carbons (Fsp3) is 0.552. The van der Waals surface area contributed by atoms with Gasteiger partial charge in [-0.25, -0.2) is 0 Å². The number of esters is 1. The van der Waals surface area contributed by atoms with Crippen LogP contribution in [0.5, 0.6) is 5.75 Å². The van der Waals surface area contributed by atoms with Crippen molar-refractivity contribution in [3.63, 3.8) is 0 Å². The van der Waals surface area contributed by atoms with Gasteiger partial charge in [-0.3, -0.25) is 19.3 Å². The number of carbonyl (C=O) groups excluding carboxylic acids is 3. The van der Waals surface area contributed by atoms with Gasteiger partial charge in [0.2, 0.25) is 5.91 Å². The smallest absolute Gasteiger partial charge is 0.306 e. The second-order valence-electron chi connectivity index (χ2n) is 11.4. The number of amides is 2. The summed E-state index contributed by atoms with van der Waals surface area (Å²) in [4.78, 5) is 42.3. The number of thiophene rings is 1. The number of rotatable bonds is 10. The van der Waals surface area contributed by atoms with Crippen LogP contribution < -0.4 is 10.5 Å². The van der Waals surface area contributed by atoms with Crippen LogP contribution in [0.1, 0.15) is 73.8 Å². The first kappa shape index (κ1) is 29.0. The summed E-state index contributed by atoms with van der Waals surface area (Å²) in [5.41, 5.74) is 7.64. The molecular weight excluding hydrogens is 518 g/mol. The Morgan fingerprint density at radius 2 is 1.82 bits per heavy atom. The zero-order chi connectivity index (χ0) is 28.3. The number of benzene rings is 1. The van der Waals surface area contributed by atoms with E-state index in [0.29, 0.717) is 12.2 Å². The Hall–Kier alpha value is -2.95. The summed E-state index contributed by atoms with van der Waals surface area (Å²) >= 11 is 1.47. The number of ether oxygens (including phenoxy) is 3. The molecule has 212 valence electrons. The highest BCUT2D eigenvalue weighted by Crippen LogP contribution is 2.34. The van der Waals surface area contributed by atoms with Crippen LogP contribution >= 0.6 is 11.3 Å². The van der Waals surface area contributed by atoms with Crippen LogP contribution in [0, 0.1) is 0 Å². The molecule has 1 aromatic heterocycles. The lowest BCUT2D eigenvalue weighted by atomic mass is 10.1. The van der Waals surface area contributed by atoms with Gasteiger partial charge in [-0.2, -0.15) is 0 Å². The maximum Gasteiger partial charge on any atom is 0.306 e. The number of morpholine rings is 1. The van der Waals surface area contributed by atoms with Crippen LogP contribution in [0.25, 0.3) is 0 Å². The van der Waals surface area contributed by atoms with Crippen LogP contribution in [0.2, 0.25) is 0 Å². The molecule has 3 unspecified atom stereocenters. The van der Waals surface area contributed by atoms with Crippen LogP contribution in [-0.2, 0) is 38.8 Å². The highest BCUT2D eigenvalue weighted by Gasteiger charge is 2.38. The molecule has 3 atom stereocenters. The summed E-state index contributed by atoms with van der Waals surface area (Å²) in [6.07, 6.45) is 0.575. The molecule has 9 nitrogen and oxygen atoms in total. The van der Waals surface area contributed by atoms with Crippen LogP contribution in [0.15, 0.2) is 29.6 Å². The SMILES string of the molecule is CC1CN(Cc2ccc(OCc3scc4c3CN(C(CCC(=O)OC(C)(C)C)C(N)=O)C4=O)cc2)CC(C)O1. The van der Waals surface area contributed by atoms with Gasteiger partial charge in [0.25, 0.3) is 5.91 Å². The molecule has 2 amide bonds. The maximum atomic E-state index is 13.1. The van der Waals surface area contributed by atoms with E-state index in [1.165, 1.54) is 21.8 Å². The van der Waals surface area contributed by atoms with Gasteiger partial charge in [-0.1, -0.05) is 12.1 Å². The summed E-state index contributed by atoms with van der Waals surface area (Å²) in [5, 5.41) is 1.80. The second-order valence-corrected chi connectivity index (χ2v) is 12.4. The molecule has 0 radical (unpaired) electrons. The summed E-state index contributed by atoms with van der Waals surface area (Å²) < 4.78 is 17.2. The molecule has 1 aromatic carbocycles. The fourth-order valence-corrected chi connectivity index (χ4v) is 6.10. The van der Waals surface area contributed by atoms with Crippen LogP contribution in [-0.4, -0.2) is 64.5 Å². The van der Waals surface area contributed by atoms with E-state index in [-0.39, 0.29) is 37.5 Å². The van der Waals surface area contributed by atoms with Crippen LogP contribution in [0.3, 0.4) is 0 Å². The van der Waals surface area contributed by atoms with Crippen molar-refractivity contribution in [2.75, 3.05) is 13.1 Å². The van der Waals surface area contributed by atoms with Gasteiger partial charge >= 0.3 is 5.97 Å². The second kappa shape index (κ2) is 12.1. The molecule has 1 saturated heterocycles. The molecule has 4 rings (SSSR count). The lowest BCUT2D eigenvalue weighted by Gasteiger charge is -2.35. The van der Waals surface area contributed by atoms with E-state index < -0.39 is 23.5 Å². The minimum atomic E-state index is -0.888. The zero-order valence-electron chi connectivity index (χ0n) is 23.4. The third-order valence-electron chi connectivity index (χ3n) is 6.74. The first-order valence-corrected chi connectivity index (χ1v) is 14.3. The first-order chi connectivity index (χ1) is 18.4. The van der Waals surface area contributed by atoms with Crippen molar-refractivity contribution in [1.82, 2.24) is 9.80 Å². The average molecular weight is 558 g/mol. The lowest BCUT2D eigenvalue weighted by molar-refractivity contribution is -0.155. The molecular formula is C29H39N3O6S. The van der Waals surface area contributed by atoms with E-state index in [1.807, 2.05) is 12.1 Å². The van der Waals surface area contributed by atoms with E-state index in [9.17, 15) is 14.4 Å². The van der Waals surface area contributed by atoms with Crippen molar-refractivity contribution in [2.45, 2.75) is 91.0 Å². The van der Waals surface area contributed by atoms with E-state index in [2.05, 4.69) is 30.9 Å². The number of carbonyl (C=O) groups is 3. The number of nitrogens with two attached hydrogens (primary N) is 1. The number of primary amides is 1. The van der Waals surface area contributed by atoms with Crippen molar-refractivity contribution in [3.05, 3.63) is 51.2 Å². The Bertz CT molecular complexity index is 1180. The fourth-order valence-electron chi connectivity index (χ4n) is 5.16. The number of fused-ring (bicyclic) bond motifs is 1. The molecule has 2 N–H and O–H groups in total. The molecule has 3 heterocycles. The Balaban J connectivity index is 1.33. The molecule has 2 aliphatic heterocycles. The molecule has 0 aliphatic carbocycles. The highest BCUT2D eigenvalue weighted by atomic mass is 32.1. The Morgan fingerprint density at radius 1 is 1.15 bits per heavy atom. The quantitative estimate of drug-likeness (QED) is 0.442. The predicted octanol–water partition coefficient (Wildman–Crippen LogP) is 3.87. The molecule has 0 spiro atoms. The minimum Gasteiger partial charge on any atom is -0.488 e. The largest absolute Gasteiger partial charge is 0.488 e. The van der Waals surface area contributed by atoms with Crippen molar-refractivity contribution < 1.29 is 28.6 Å². The molecule has 0 bridgehead atoms. The third kappa shape index (κ3) is 7.58. The third-order valence-corrected chi connectivity index (χ3v) is 7.74. The van der Waals surface area contributed by atoms with Gasteiger partial charge in [0.1, 0.15) is 24.0 Å². The zero-order valence-corrected chi connectivity index (χ0v) is 24.2. The lowest BCUT2D eigenvalue weighted by Crippen LogP contribution is -2.45. The molecule has 10 heteroatoms. The first-order valence-electron chi connectivity index (χ1n) is 13.4. The Labute approximate surface area is 234 Å². The van der Waals surface area contributed by atoms with Crippen molar-refractivity contribution in [1.29, 1.82) is 0 Å². The van der Waals surface area contributed by atoms with E-state index in [1.54, 1.807) is 26.2 Å². The van der Waals surface area contributed by atoms with Gasteiger partial charge < -0.3 is 24.8 Å². The van der Waals surface area contributed by atoms with Gasteiger partial charge in [0, 0.05) is 48.4 Å². The summed E-state index contributed by atoms with van der Waals surface area (Å²) in [5.74, 6) is -0.571.